The molecule has 2 N–H and O–H groups in total. The first-order valence-electron chi connectivity index (χ1n) is 5.61. The number of para-hydroxylation sites is 1. The van der Waals surface area contributed by atoms with Crippen molar-refractivity contribution in [1.82, 2.24) is 0 Å². The van der Waals surface area contributed by atoms with Gasteiger partial charge in [-0.25, -0.2) is 4.39 Å². The topological polar surface area (TPSA) is 35.2 Å². The number of benzene rings is 2. The van der Waals surface area contributed by atoms with Crippen molar-refractivity contribution in [3.8, 4) is 11.5 Å². The second kappa shape index (κ2) is 5.85. The molecule has 0 heterocycles. The summed E-state index contributed by atoms with van der Waals surface area (Å²) in [4.78, 5) is 0. The monoisotopic (exact) mass is 265 g/mol. The molecular weight excluding hydrogens is 253 g/mol. The summed E-state index contributed by atoms with van der Waals surface area (Å²) in [5, 5.41) is 0.248. The van der Waals surface area contributed by atoms with Crippen molar-refractivity contribution in [3.05, 3.63) is 58.9 Å². The summed E-state index contributed by atoms with van der Waals surface area (Å²) in [6.07, 6.45) is 0.717. The molecule has 0 fully saturated rings. The van der Waals surface area contributed by atoms with E-state index >= 15 is 0 Å². The highest BCUT2D eigenvalue weighted by Crippen LogP contribution is 2.31. The average molecular weight is 266 g/mol. The van der Waals surface area contributed by atoms with Gasteiger partial charge in [-0.15, -0.1) is 0 Å². The normalized spacial score (nSPS) is 10.4. The molecule has 0 unspecified atom stereocenters. The van der Waals surface area contributed by atoms with Crippen LogP contribution in [0.1, 0.15) is 5.56 Å². The Kier molecular flexibility index (Phi) is 4.18. The van der Waals surface area contributed by atoms with E-state index in [4.69, 9.17) is 22.1 Å². The second-order valence-electron chi connectivity index (χ2n) is 3.82. The van der Waals surface area contributed by atoms with Crippen LogP contribution in [0.2, 0.25) is 5.02 Å². The zero-order valence-electron chi connectivity index (χ0n) is 9.70. The van der Waals surface area contributed by atoms with Gasteiger partial charge in [0, 0.05) is 0 Å². The summed E-state index contributed by atoms with van der Waals surface area (Å²) >= 11 is 5.92. The summed E-state index contributed by atoms with van der Waals surface area (Å²) in [5.74, 6) is 0.738. The van der Waals surface area contributed by atoms with E-state index in [-0.39, 0.29) is 10.8 Å². The molecule has 0 radical (unpaired) electrons. The SMILES string of the molecule is NCCc1ccccc1Oc1ccc(F)cc1Cl. The van der Waals surface area contributed by atoms with E-state index < -0.39 is 0 Å². The van der Waals surface area contributed by atoms with Crippen LogP contribution in [-0.2, 0) is 6.42 Å². The molecule has 0 aromatic heterocycles. The molecular formula is C14H13ClFNO. The maximum Gasteiger partial charge on any atom is 0.146 e. The fraction of sp³-hybridized carbons (Fsp3) is 0.143. The number of nitrogens with two attached hydrogens (primary N) is 1. The lowest BCUT2D eigenvalue weighted by molar-refractivity contribution is 0.474. The van der Waals surface area contributed by atoms with Crippen LogP contribution >= 0.6 is 11.6 Å². The van der Waals surface area contributed by atoms with Crippen molar-refractivity contribution in [2.75, 3.05) is 6.54 Å². The largest absolute Gasteiger partial charge is 0.456 e. The van der Waals surface area contributed by atoms with Gasteiger partial charge in [0.15, 0.2) is 0 Å². The van der Waals surface area contributed by atoms with Gasteiger partial charge in [0.1, 0.15) is 17.3 Å². The van der Waals surface area contributed by atoms with Gasteiger partial charge >= 0.3 is 0 Å². The van der Waals surface area contributed by atoms with Crippen molar-refractivity contribution in [2.24, 2.45) is 5.73 Å². The molecule has 0 aliphatic rings. The molecule has 4 heteroatoms. The third-order valence-corrected chi connectivity index (χ3v) is 2.80. The van der Waals surface area contributed by atoms with Crippen molar-refractivity contribution >= 4 is 11.6 Å². The number of hydrogen-bond acceptors (Lipinski definition) is 2. The van der Waals surface area contributed by atoms with Gasteiger partial charge < -0.3 is 10.5 Å². The fourth-order valence-corrected chi connectivity index (χ4v) is 1.85. The lowest BCUT2D eigenvalue weighted by Gasteiger charge is -2.11. The minimum atomic E-state index is -0.386. The molecule has 0 aliphatic heterocycles. The van der Waals surface area contributed by atoms with E-state index in [9.17, 15) is 4.39 Å². The molecule has 2 aromatic carbocycles. The highest BCUT2D eigenvalue weighted by atomic mass is 35.5. The smallest absolute Gasteiger partial charge is 0.146 e. The predicted molar refractivity (Wildman–Crippen MR) is 70.7 cm³/mol. The van der Waals surface area contributed by atoms with Crippen molar-refractivity contribution < 1.29 is 9.13 Å². The summed E-state index contributed by atoms with van der Waals surface area (Å²) in [7, 11) is 0. The maximum absolute atomic E-state index is 12.9. The Morgan fingerprint density at radius 2 is 1.89 bits per heavy atom. The highest BCUT2D eigenvalue weighted by molar-refractivity contribution is 6.32. The molecule has 0 saturated heterocycles. The van der Waals surface area contributed by atoms with Gasteiger partial charge in [-0.05, 0) is 42.8 Å². The van der Waals surface area contributed by atoms with Gasteiger partial charge in [-0.3, -0.25) is 0 Å². The fourth-order valence-electron chi connectivity index (χ4n) is 1.64. The standard InChI is InChI=1S/C14H13ClFNO/c15-12-9-11(16)5-6-14(12)18-13-4-2-1-3-10(13)7-8-17/h1-6,9H,7-8,17H2. The molecule has 94 valence electrons. The third kappa shape index (κ3) is 3.00. The lowest BCUT2D eigenvalue weighted by atomic mass is 10.1. The Bertz CT molecular complexity index is 545. The van der Waals surface area contributed by atoms with Crippen molar-refractivity contribution in [2.45, 2.75) is 6.42 Å². The molecule has 0 amide bonds. The minimum absolute atomic E-state index is 0.248. The first kappa shape index (κ1) is 12.9. The molecule has 0 saturated carbocycles. The first-order valence-corrected chi connectivity index (χ1v) is 5.99. The highest BCUT2D eigenvalue weighted by Gasteiger charge is 2.07. The van der Waals surface area contributed by atoms with E-state index in [1.165, 1.54) is 18.2 Å². The number of ether oxygens (including phenoxy) is 1. The zero-order chi connectivity index (χ0) is 13.0. The van der Waals surface area contributed by atoms with E-state index in [1.54, 1.807) is 0 Å². The second-order valence-corrected chi connectivity index (χ2v) is 4.23. The number of hydrogen-bond donors (Lipinski definition) is 1. The van der Waals surface area contributed by atoms with Crippen LogP contribution in [0, 0.1) is 5.82 Å². The van der Waals surface area contributed by atoms with Gasteiger partial charge in [0.05, 0.1) is 5.02 Å². The molecule has 2 aromatic rings. The van der Waals surface area contributed by atoms with Crippen LogP contribution in [0.15, 0.2) is 42.5 Å². The molecule has 0 bridgehead atoms. The molecule has 0 aliphatic carbocycles. The summed E-state index contributed by atoms with van der Waals surface area (Å²) in [6, 6.07) is 11.6. The first-order chi connectivity index (χ1) is 8.70. The molecule has 2 rings (SSSR count). The van der Waals surface area contributed by atoms with E-state index in [0.29, 0.717) is 18.0 Å². The van der Waals surface area contributed by atoms with Crippen molar-refractivity contribution in [3.63, 3.8) is 0 Å². The Morgan fingerprint density at radius 3 is 2.61 bits per heavy atom. The van der Waals surface area contributed by atoms with Gasteiger partial charge in [-0.1, -0.05) is 29.8 Å². The van der Waals surface area contributed by atoms with E-state index in [1.807, 2.05) is 24.3 Å². The number of rotatable bonds is 4. The van der Waals surface area contributed by atoms with Crippen LogP contribution in [0.5, 0.6) is 11.5 Å². The molecule has 2 nitrogen and oxygen atoms in total. The Balaban J connectivity index is 2.28. The van der Waals surface area contributed by atoms with Crippen LogP contribution in [-0.4, -0.2) is 6.54 Å². The summed E-state index contributed by atoms with van der Waals surface area (Å²) in [5.41, 5.74) is 6.54. The third-order valence-electron chi connectivity index (χ3n) is 2.50. The molecule has 0 atom stereocenters. The predicted octanol–water partition coefficient (Wildman–Crippen LogP) is 3.77. The Hall–Kier alpha value is -1.58. The van der Waals surface area contributed by atoms with Crippen LogP contribution in [0.4, 0.5) is 4.39 Å². The Morgan fingerprint density at radius 1 is 1.11 bits per heavy atom. The van der Waals surface area contributed by atoms with E-state index in [0.717, 1.165) is 12.0 Å². The summed E-state index contributed by atoms with van der Waals surface area (Å²) < 4.78 is 18.6. The van der Waals surface area contributed by atoms with Gasteiger partial charge in [-0.2, -0.15) is 0 Å². The zero-order valence-corrected chi connectivity index (χ0v) is 10.5. The van der Waals surface area contributed by atoms with Gasteiger partial charge in [0.2, 0.25) is 0 Å². The molecule has 18 heavy (non-hydrogen) atoms. The van der Waals surface area contributed by atoms with Crippen LogP contribution < -0.4 is 10.5 Å². The maximum atomic E-state index is 12.9. The van der Waals surface area contributed by atoms with Crippen LogP contribution in [0.25, 0.3) is 0 Å². The molecule has 0 spiro atoms. The Labute approximate surface area is 110 Å². The summed E-state index contributed by atoms with van der Waals surface area (Å²) in [6.45, 7) is 0.539. The van der Waals surface area contributed by atoms with E-state index in [2.05, 4.69) is 0 Å². The quantitative estimate of drug-likeness (QED) is 0.913. The van der Waals surface area contributed by atoms with Crippen LogP contribution in [0.3, 0.4) is 0 Å². The minimum Gasteiger partial charge on any atom is -0.456 e. The average Bonchev–Trinajstić information content (AvgIpc) is 2.35. The lowest BCUT2D eigenvalue weighted by Crippen LogP contribution is -2.03. The number of halogens is 2. The van der Waals surface area contributed by atoms with Gasteiger partial charge in [0.25, 0.3) is 0 Å². The van der Waals surface area contributed by atoms with Crippen molar-refractivity contribution in [1.29, 1.82) is 0 Å².